The van der Waals surface area contributed by atoms with E-state index >= 15 is 0 Å². The Kier molecular flexibility index (Phi) is 8.77. The molecule has 1 aromatic carbocycles. The monoisotopic (exact) mass is 421 g/mol. The molecule has 0 amide bonds. The Morgan fingerprint density at radius 1 is 1.00 bits per heavy atom. The van der Waals surface area contributed by atoms with Crippen LogP contribution in [0.15, 0.2) is 30.6 Å². The van der Waals surface area contributed by atoms with Crippen molar-refractivity contribution in [3.05, 3.63) is 58.9 Å². The second-order valence-corrected chi connectivity index (χ2v) is 12.3. The van der Waals surface area contributed by atoms with Crippen LogP contribution in [0.2, 0.25) is 18.1 Å². The zero-order valence-corrected chi connectivity index (χ0v) is 19.2. The summed E-state index contributed by atoms with van der Waals surface area (Å²) in [5, 5.41) is 0. The summed E-state index contributed by atoms with van der Waals surface area (Å²) in [4.78, 5) is 4.25. The third-order valence-electron chi connectivity index (χ3n) is 5.87. The first-order valence-corrected chi connectivity index (χ1v) is 13.0. The Hall–Kier alpha value is -1.79. The van der Waals surface area contributed by atoms with Crippen LogP contribution in [0.5, 0.6) is 5.75 Å². The quantitative estimate of drug-likeness (QED) is 0.376. The average Bonchev–Trinajstić information content (AvgIpc) is 2.70. The van der Waals surface area contributed by atoms with Gasteiger partial charge in [-0.1, -0.05) is 20.8 Å². The van der Waals surface area contributed by atoms with Crippen LogP contribution in [-0.4, -0.2) is 20.4 Å². The molecule has 3 nitrogen and oxygen atoms in total. The Morgan fingerprint density at radius 2 is 1.62 bits per heavy atom. The molecule has 0 spiro atoms. The van der Waals surface area contributed by atoms with Crippen LogP contribution in [-0.2, 0) is 10.8 Å². The van der Waals surface area contributed by atoms with Crippen LogP contribution < -0.4 is 4.74 Å². The lowest BCUT2D eigenvalue weighted by molar-refractivity contribution is 0.171. The summed E-state index contributed by atoms with van der Waals surface area (Å²) in [6, 6.07) is 6.87. The van der Waals surface area contributed by atoms with E-state index in [0.717, 1.165) is 53.9 Å². The molecule has 0 saturated heterocycles. The minimum atomic E-state index is -1.87. The van der Waals surface area contributed by atoms with Crippen LogP contribution >= 0.6 is 0 Å². The van der Waals surface area contributed by atoms with E-state index in [-0.39, 0.29) is 6.10 Å². The molecule has 160 valence electrons. The molecule has 29 heavy (non-hydrogen) atoms. The van der Waals surface area contributed by atoms with Crippen molar-refractivity contribution in [1.29, 1.82) is 0 Å². The summed E-state index contributed by atoms with van der Waals surface area (Å²) in [6.45, 7) is 8.66. The largest absolute Gasteiger partial charge is 0.495 e. The molecule has 0 bridgehead atoms. The van der Waals surface area contributed by atoms with Gasteiger partial charge in [0.15, 0.2) is 8.32 Å². The third kappa shape index (κ3) is 6.09. The Labute approximate surface area is 174 Å². The van der Waals surface area contributed by atoms with Crippen LogP contribution in [0, 0.1) is 18.6 Å². The summed E-state index contributed by atoms with van der Waals surface area (Å²) < 4.78 is 39.5. The Balaban J connectivity index is 2.27. The van der Waals surface area contributed by atoms with Crippen molar-refractivity contribution in [3.8, 4) is 5.75 Å². The number of halogens is 2. The average molecular weight is 422 g/mol. The van der Waals surface area contributed by atoms with Gasteiger partial charge in [-0.15, -0.1) is 0 Å². The minimum absolute atomic E-state index is 0.113. The van der Waals surface area contributed by atoms with Gasteiger partial charge < -0.3 is 9.16 Å². The van der Waals surface area contributed by atoms with E-state index in [1.165, 1.54) is 12.1 Å². The van der Waals surface area contributed by atoms with E-state index in [2.05, 4.69) is 25.8 Å². The molecular weight excluding hydrogens is 388 g/mol. The molecule has 0 aliphatic carbocycles. The molecule has 0 aliphatic heterocycles. The molecule has 1 atom stereocenters. The lowest BCUT2D eigenvalue weighted by Crippen LogP contribution is -2.37. The fourth-order valence-corrected chi connectivity index (χ4v) is 6.78. The van der Waals surface area contributed by atoms with Crippen molar-refractivity contribution in [2.45, 2.75) is 71.2 Å². The van der Waals surface area contributed by atoms with Crippen molar-refractivity contribution in [2.75, 3.05) is 7.11 Å². The number of aromatic nitrogens is 1. The highest BCUT2D eigenvalue weighted by Gasteiger charge is 2.34. The number of pyridine rings is 1. The number of rotatable bonds is 11. The molecule has 0 N–H and O–H groups in total. The van der Waals surface area contributed by atoms with Gasteiger partial charge in [-0.2, -0.15) is 0 Å². The maximum Gasteiger partial charge on any atom is 0.192 e. The van der Waals surface area contributed by atoms with E-state index in [0.29, 0.717) is 12.0 Å². The molecule has 0 radical (unpaired) electrons. The van der Waals surface area contributed by atoms with E-state index in [1.807, 2.05) is 13.1 Å². The standard InChI is InChI=1S/C23H33F2NO2Si/c1-6-29(7-2,8-3)28-21(23-17(4)15-26-16-22(23)27-5)11-9-10-18-12-19(24)14-20(25)13-18/h12-16,21H,6-11H2,1-5H3. The molecule has 0 aliphatic rings. The number of nitrogens with zero attached hydrogens (tertiary/aromatic N) is 1. The van der Waals surface area contributed by atoms with Gasteiger partial charge in [0.2, 0.25) is 0 Å². The predicted molar refractivity (Wildman–Crippen MR) is 116 cm³/mol. The maximum atomic E-state index is 13.5. The molecule has 2 aromatic rings. The minimum Gasteiger partial charge on any atom is -0.495 e. The predicted octanol–water partition coefficient (Wildman–Crippen LogP) is 6.76. The van der Waals surface area contributed by atoms with Crippen LogP contribution in [0.3, 0.4) is 0 Å². The van der Waals surface area contributed by atoms with Crippen LogP contribution in [0.1, 0.15) is 56.4 Å². The van der Waals surface area contributed by atoms with Gasteiger partial charge in [-0.25, -0.2) is 8.78 Å². The molecule has 0 fully saturated rings. The van der Waals surface area contributed by atoms with Crippen LogP contribution in [0.25, 0.3) is 0 Å². The summed E-state index contributed by atoms with van der Waals surface area (Å²) in [5.74, 6) is -0.333. The van der Waals surface area contributed by atoms with E-state index in [4.69, 9.17) is 9.16 Å². The van der Waals surface area contributed by atoms with Crippen molar-refractivity contribution in [2.24, 2.45) is 0 Å². The summed E-state index contributed by atoms with van der Waals surface area (Å²) in [6.07, 6.45) is 5.57. The summed E-state index contributed by atoms with van der Waals surface area (Å²) in [5.41, 5.74) is 2.75. The highest BCUT2D eigenvalue weighted by molar-refractivity contribution is 6.73. The van der Waals surface area contributed by atoms with Gasteiger partial charge in [0, 0.05) is 17.8 Å². The highest BCUT2D eigenvalue weighted by Crippen LogP contribution is 2.38. The van der Waals surface area contributed by atoms with Gasteiger partial charge in [-0.3, -0.25) is 4.98 Å². The van der Waals surface area contributed by atoms with E-state index < -0.39 is 20.0 Å². The van der Waals surface area contributed by atoms with Crippen molar-refractivity contribution >= 4 is 8.32 Å². The molecule has 1 unspecified atom stereocenters. The van der Waals surface area contributed by atoms with Crippen LogP contribution in [0.4, 0.5) is 8.78 Å². The fraction of sp³-hybridized carbons (Fsp3) is 0.522. The van der Waals surface area contributed by atoms with Gasteiger partial charge >= 0.3 is 0 Å². The van der Waals surface area contributed by atoms with Crippen molar-refractivity contribution in [3.63, 3.8) is 0 Å². The Bertz CT molecular complexity index is 768. The number of aryl methyl sites for hydroxylation is 2. The summed E-state index contributed by atoms with van der Waals surface area (Å²) >= 11 is 0. The number of benzene rings is 1. The smallest absolute Gasteiger partial charge is 0.192 e. The summed E-state index contributed by atoms with van der Waals surface area (Å²) in [7, 11) is -0.216. The van der Waals surface area contributed by atoms with Gasteiger partial charge in [-0.05, 0) is 67.6 Å². The number of hydrogen-bond acceptors (Lipinski definition) is 3. The third-order valence-corrected chi connectivity index (χ3v) is 10.5. The SMILES string of the molecule is CC[Si](CC)(CC)OC(CCCc1cc(F)cc(F)c1)c1c(C)cncc1OC. The normalized spacial score (nSPS) is 12.8. The van der Waals surface area contributed by atoms with Gasteiger partial charge in [0.05, 0.1) is 19.4 Å². The molecule has 2 rings (SSSR count). The van der Waals surface area contributed by atoms with Crippen molar-refractivity contribution in [1.82, 2.24) is 4.98 Å². The molecule has 1 aromatic heterocycles. The fourth-order valence-electron chi connectivity index (χ4n) is 3.94. The van der Waals surface area contributed by atoms with Gasteiger partial charge in [0.25, 0.3) is 0 Å². The van der Waals surface area contributed by atoms with E-state index in [9.17, 15) is 8.78 Å². The molecule has 0 saturated carbocycles. The van der Waals surface area contributed by atoms with Crippen molar-refractivity contribution < 1.29 is 17.9 Å². The first kappa shape index (κ1) is 23.5. The number of hydrogen-bond donors (Lipinski definition) is 0. The highest BCUT2D eigenvalue weighted by atomic mass is 28.4. The zero-order valence-electron chi connectivity index (χ0n) is 18.2. The second kappa shape index (κ2) is 10.8. The zero-order chi connectivity index (χ0) is 21.4. The maximum absolute atomic E-state index is 13.5. The molecule has 6 heteroatoms. The van der Waals surface area contributed by atoms with E-state index in [1.54, 1.807) is 13.3 Å². The number of ether oxygens (including phenoxy) is 1. The Morgan fingerprint density at radius 3 is 2.17 bits per heavy atom. The van der Waals surface area contributed by atoms with Gasteiger partial charge in [0.1, 0.15) is 17.4 Å². The second-order valence-electron chi connectivity index (χ2n) is 7.59. The molecule has 1 heterocycles. The molecular formula is C23H33F2NO2Si. The lowest BCUT2D eigenvalue weighted by Gasteiger charge is -2.34. The topological polar surface area (TPSA) is 31.4 Å². The number of methoxy groups -OCH3 is 1. The first-order chi connectivity index (χ1) is 13.9. The first-order valence-electron chi connectivity index (χ1n) is 10.5. The lowest BCUT2D eigenvalue weighted by atomic mass is 9.98.